The summed E-state index contributed by atoms with van der Waals surface area (Å²) in [4.78, 5) is 15.4. The van der Waals surface area contributed by atoms with Crippen LogP contribution in [0, 0.1) is 0 Å². The van der Waals surface area contributed by atoms with Crippen molar-refractivity contribution < 1.29 is 44.9 Å². The molecule has 0 radical (unpaired) electrons. The van der Waals surface area contributed by atoms with E-state index in [2.05, 4.69) is 5.32 Å². The fourth-order valence-corrected chi connectivity index (χ4v) is 4.80. The van der Waals surface area contributed by atoms with Crippen molar-refractivity contribution in [2.45, 2.75) is 88.2 Å². The van der Waals surface area contributed by atoms with E-state index in [0.29, 0.717) is 19.6 Å². The first kappa shape index (κ1) is 28.3. The number of carbonyl (C=O) groups is 1. The highest BCUT2D eigenvalue weighted by Gasteiger charge is 2.49. The summed E-state index contributed by atoms with van der Waals surface area (Å²) in [6.07, 6.45) is -6.09. The van der Waals surface area contributed by atoms with E-state index >= 15 is 0 Å². The molecule has 0 unspecified atom stereocenters. The highest BCUT2D eigenvalue weighted by atomic mass is 16.7. The number of carbonyl (C=O) groups excluding carboxylic acids is 1. The molecule has 2 aliphatic heterocycles. The Balaban J connectivity index is 2.21. The Morgan fingerprint density at radius 1 is 1.09 bits per heavy atom. The van der Waals surface area contributed by atoms with Gasteiger partial charge >= 0.3 is 0 Å². The number of piperidine rings is 1. The topological polar surface area (TPSA) is 175 Å². The van der Waals surface area contributed by atoms with Crippen molar-refractivity contribution in [1.82, 2.24) is 15.1 Å². The van der Waals surface area contributed by atoms with Crippen LogP contribution in [0.3, 0.4) is 0 Å². The van der Waals surface area contributed by atoms with Crippen molar-refractivity contribution in [3.63, 3.8) is 0 Å². The van der Waals surface area contributed by atoms with Gasteiger partial charge in [-0.2, -0.15) is 0 Å². The van der Waals surface area contributed by atoms with E-state index in [0.717, 1.165) is 0 Å². The van der Waals surface area contributed by atoms with Crippen LogP contribution < -0.4 is 5.32 Å². The molecule has 12 nitrogen and oxygen atoms in total. The van der Waals surface area contributed by atoms with Gasteiger partial charge in [0.05, 0.1) is 37.4 Å². The van der Waals surface area contributed by atoms with Gasteiger partial charge in [-0.1, -0.05) is 6.92 Å². The van der Waals surface area contributed by atoms with Crippen LogP contribution >= 0.6 is 0 Å². The Labute approximate surface area is 194 Å². The zero-order chi connectivity index (χ0) is 24.9. The highest BCUT2D eigenvalue weighted by Crippen LogP contribution is 2.27. The molecular formula is C21H41N3O9. The lowest BCUT2D eigenvalue weighted by atomic mass is 9.88. The van der Waals surface area contributed by atoms with Crippen LogP contribution in [0.15, 0.2) is 0 Å². The van der Waals surface area contributed by atoms with Crippen LogP contribution in [0.25, 0.3) is 0 Å². The molecule has 0 saturated carbocycles. The molecule has 0 aromatic carbocycles. The van der Waals surface area contributed by atoms with Gasteiger partial charge in [0.2, 0.25) is 5.91 Å². The van der Waals surface area contributed by atoms with Gasteiger partial charge < -0.3 is 45.4 Å². The van der Waals surface area contributed by atoms with E-state index < -0.39 is 74.2 Å². The zero-order valence-corrected chi connectivity index (χ0v) is 19.8. The highest BCUT2D eigenvalue weighted by molar-refractivity contribution is 5.73. The smallest absolute Gasteiger partial charge is 0.217 e. The predicted molar refractivity (Wildman–Crippen MR) is 117 cm³/mol. The molecule has 12 heteroatoms. The van der Waals surface area contributed by atoms with Gasteiger partial charge in [-0.15, -0.1) is 0 Å². The number of rotatable bonds is 10. The molecule has 0 aromatic heterocycles. The number of aliphatic hydroxyl groups excluding tert-OH is 6. The van der Waals surface area contributed by atoms with Crippen LogP contribution in [0.1, 0.15) is 27.2 Å². The van der Waals surface area contributed by atoms with Gasteiger partial charge in [-0.05, 0) is 20.4 Å². The molecule has 2 aliphatic rings. The number of nitrogens with zero attached hydrogens (tertiary/aromatic N) is 2. The molecular weight excluding hydrogens is 438 g/mol. The van der Waals surface area contributed by atoms with Gasteiger partial charge in [0.15, 0.2) is 6.29 Å². The first-order chi connectivity index (χ1) is 15.6. The van der Waals surface area contributed by atoms with Crippen molar-refractivity contribution >= 4 is 5.91 Å². The Bertz CT molecular complexity index is 616. The predicted octanol–water partition coefficient (Wildman–Crippen LogP) is -3.56. The minimum atomic E-state index is -1.37. The number of likely N-dealkylation sites (N-methyl/N-ethyl adjacent to an activating group) is 1. The van der Waals surface area contributed by atoms with Crippen molar-refractivity contribution in [3.8, 4) is 0 Å². The van der Waals surface area contributed by atoms with Crippen molar-refractivity contribution in [2.75, 3.05) is 40.0 Å². The minimum absolute atomic E-state index is 0.283. The molecule has 2 saturated heterocycles. The summed E-state index contributed by atoms with van der Waals surface area (Å²) in [5.74, 6) is -0.327. The maximum absolute atomic E-state index is 11.9. The molecule has 0 bridgehead atoms. The monoisotopic (exact) mass is 479 g/mol. The Morgan fingerprint density at radius 2 is 1.76 bits per heavy atom. The lowest BCUT2D eigenvalue weighted by Gasteiger charge is -2.50. The third-order valence-corrected chi connectivity index (χ3v) is 6.68. The summed E-state index contributed by atoms with van der Waals surface area (Å²) in [5.41, 5.74) is 0. The number of ether oxygens (including phenoxy) is 2. The maximum Gasteiger partial charge on any atom is 0.217 e. The summed E-state index contributed by atoms with van der Waals surface area (Å²) >= 11 is 0. The third-order valence-electron chi connectivity index (χ3n) is 6.68. The second-order valence-corrected chi connectivity index (χ2v) is 8.98. The summed E-state index contributed by atoms with van der Waals surface area (Å²) in [5, 5.41) is 63.9. The van der Waals surface area contributed by atoms with Crippen molar-refractivity contribution in [3.05, 3.63) is 0 Å². The summed E-state index contributed by atoms with van der Waals surface area (Å²) in [7, 11) is 1.74. The number of hydrogen-bond donors (Lipinski definition) is 7. The molecule has 0 aromatic rings. The molecule has 10 atom stereocenters. The van der Waals surface area contributed by atoms with Crippen LogP contribution in [0.5, 0.6) is 0 Å². The fraction of sp³-hybridized carbons (Fsp3) is 0.952. The van der Waals surface area contributed by atoms with E-state index in [1.165, 1.54) is 6.92 Å². The van der Waals surface area contributed by atoms with Gasteiger partial charge in [0.25, 0.3) is 0 Å². The molecule has 33 heavy (non-hydrogen) atoms. The lowest BCUT2D eigenvalue weighted by Crippen LogP contribution is -2.70. The van der Waals surface area contributed by atoms with Gasteiger partial charge in [0, 0.05) is 32.7 Å². The normalized spacial score (nSPS) is 40.2. The van der Waals surface area contributed by atoms with Crippen LogP contribution in [0.2, 0.25) is 0 Å². The molecule has 2 heterocycles. The SMILES string of the molecule is CCCO[C@@H]1O[C@H](CO)[C@@H](O)[C@H](N(C)CCN2[C@H](CO)[C@@H](O)[C@H](O)[C@H](O)[C@@H]2C)[C@H]1NC(C)=O. The van der Waals surface area contributed by atoms with Crippen LogP contribution in [0.4, 0.5) is 0 Å². The quantitative estimate of drug-likeness (QED) is 0.165. The molecule has 0 aliphatic carbocycles. The van der Waals surface area contributed by atoms with E-state index in [1.807, 2.05) is 6.92 Å². The molecule has 0 spiro atoms. The number of likely N-dealkylation sites (tertiary alicyclic amines) is 1. The molecule has 194 valence electrons. The van der Waals surface area contributed by atoms with Crippen molar-refractivity contribution in [2.24, 2.45) is 0 Å². The lowest BCUT2D eigenvalue weighted by molar-refractivity contribution is -0.260. The fourth-order valence-electron chi connectivity index (χ4n) is 4.80. The minimum Gasteiger partial charge on any atom is -0.395 e. The maximum atomic E-state index is 11.9. The van der Waals surface area contributed by atoms with Gasteiger partial charge in [0.1, 0.15) is 24.4 Å². The number of nitrogens with one attached hydrogen (secondary N) is 1. The first-order valence-corrected chi connectivity index (χ1v) is 11.5. The van der Waals surface area contributed by atoms with E-state index in [-0.39, 0.29) is 12.5 Å². The second kappa shape index (κ2) is 12.7. The average molecular weight is 480 g/mol. The summed E-state index contributed by atoms with van der Waals surface area (Å²) in [6.45, 7) is 5.10. The van der Waals surface area contributed by atoms with Gasteiger partial charge in [-0.25, -0.2) is 0 Å². The second-order valence-electron chi connectivity index (χ2n) is 8.98. The number of aliphatic hydroxyl groups is 6. The molecule has 2 rings (SSSR count). The Hall–Kier alpha value is -0.930. The number of hydrogen-bond acceptors (Lipinski definition) is 11. The van der Waals surface area contributed by atoms with Gasteiger partial charge in [-0.3, -0.25) is 14.6 Å². The largest absolute Gasteiger partial charge is 0.395 e. The zero-order valence-electron chi connectivity index (χ0n) is 19.8. The summed E-state index contributed by atoms with van der Waals surface area (Å²) < 4.78 is 11.5. The van der Waals surface area contributed by atoms with Crippen molar-refractivity contribution in [1.29, 1.82) is 0 Å². The first-order valence-electron chi connectivity index (χ1n) is 11.5. The average Bonchev–Trinajstić information content (AvgIpc) is 2.78. The van der Waals surface area contributed by atoms with E-state index in [4.69, 9.17) is 9.47 Å². The standard InChI is InChI=1S/C21H41N3O9/c1-5-8-32-21-15(22-12(3)27)16(19(30)14(10-26)33-21)23(4)6-7-24-11(2)17(28)20(31)18(29)13(24)9-25/h11,13-21,25-26,28-31H,5-10H2,1-4H3,(H,22,27)/t11-,13+,14+,15+,16+,17+,18+,19+,20+,21+/m0/s1. The third kappa shape index (κ3) is 6.40. The molecule has 7 N–H and O–H groups in total. The number of amides is 1. The van der Waals surface area contributed by atoms with E-state index in [1.54, 1.807) is 23.8 Å². The molecule has 2 fully saturated rings. The Morgan fingerprint density at radius 3 is 2.30 bits per heavy atom. The van der Waals surface area contributed by atoms with Crippen LogP contribution in [-0.2, 0) is 14.3 Å². The summed E-state index contributed by atoms with van der Waals surface area (Å²) in [6, 6.07) is -2.70. The molecule has 1 amide bonds. The van der Waals surface area contributed by atoms with E-state index in [9.17, 15) is 35.4 Å². The Kier molecular flexibility index (Phi) is 10.9. The van der Waals surface area contributed by atoms with Crippen LogP contribution in [-0.4, -0.2) is 147 Å².